The molecule has 1 saturated heterocycles. The highest BCUT2D eigenvalue weighted by atomic mass is 32.2. The standard InChI is InChI=1S/C15H18FN5O3S/c16-11-3-1-2-4-12(11)24-9-13-18-19-15(21(13)17)25-10-14(22)20-5-7-23-8-6-20/h1-4H,5-10,17H2. The molecule has 10 heteroatoms. The average molecular weight is 367 g/mol. The van der Waals surface area contributed by atoms with Gasteiger partial charge in [0.1, 0.15) is 6.61 Å². The second-order valence-corrected chi connectivity index (χ2v) is 6.21. The lowest BCUT2D eigenvalue weighted by atomic mass is 10.3. The molecule has 0 spiro atoms. The Labute approximate surface area is 148 Å². The number of morpholine rings is 1. The molecule has 0 bridgehead atoms. The van der Waals surface area contributed by atoms with Crippen molar-refractivity contribution in [1.82, 2.24) is 19.8 Å². The summed E-state index contributed by atoms with van der Waals surface area (Å²) in [5, 5.41) is 8.27. The van der Waals surface area contributed by atoms with Crippen LogP contribution in [0.3, 0.4) is 0 Å². The second-order valence-electron chi connectivity index (χ2n) is 5.27. The van der Waals surface area contributed by atoms with Crippen molar-refractivity contribution in [3.05, 3.63) is 35.9 Å². The SMILES string of the molecule is Nn1c(COc2ccccc2F)nnc1SCC(=O)N1CCOCC1. The highest BCUT2D eigenvalue weighted by Crippen LogP contribution is 2.19. The van der Waals surface area contributed by atoms with Crippen LogP contribution in [0.4, 0.5) is 4.39 Å². The van der Waals surface area contributed by atoms with Crippen molar-refractivity contribution in [2.75, 3.05) is 37.9 Å². The van der Waals surface area contributed by atoms with Crippen molar-refractivity contribution in [1.29, 1.82) is 0 Å². The molecule has 1 aromatic heterocycles. The molecule has 1 aliphatic heterocycles. The Balaban J connectivity index is 1.54. The zero-order chi connectivity index (χ0) is 17.6. The number of carbonyl (C=O) groups excluding carboxylic acids is 1. The Kier molecular flexibility index (Phi) is 5.71. The minimum absolute atomic E-state index is 0.000423. The molecule has 1 aliphatic rings. The molecule has 0 radical (unpaired) electrons. The highest BCUT2D eigenvalue weighted by molar-refractivity contribution is 7.99. The van der Waals surface area contributed by atoms with Crippen LogP contribution in [0.2, 0.25) is 0 Å². The molecule has 0 atom stereocenters. The van der Waals surface area contributed by atoms with Gasteiger partial charge in [-0.05, 0) is 12.1 Å². The maximum atomic E-state index is 13.5. The molecule has 25 heavy (non-hydrogen) atoms. The largest absolute Gasteiger partial charge is 0.482 e. The third kappa shape index (κ3) is 4.40. The van der Waals surface area contributed by atoms with Gasteiger partial charge in [-0.2, -0.15) is 0 Å². The van der Waals surface area contributed by atoms with Gasteiger partial charge in [0.2, 0.25) is 11.1 Å². The van der Waals surface area contributed by atoms with Crippen LogP contribution in [0, 0.1) is 5.82 Å². The number of para-hydroxylation sites is 1. The highest BCUT2D eigenvalue weighted by Gasteiger charge is 2.19. The van der Waals surface area contributed by atoms with Crippen LogP contribution in [-0.2, 0) is 16.1 Å². The van der Waals surface area contributed by atoms with Crippen molar-refractivity contribution in [2.24, 2.45) is 0 Å². The van der Waals surface area contributed by atoms with Gasteiger partial charge in [-0.1, -0.05) is 23.9 Å². The third-order valence-electron chi connectivity index (χ3n) is 3.62. The van der Waals surface area contributed by atoms with Crippen molar-refractivity contribution in [3.8, 4) is 5.75 Å². The predicted molar refractivity (Wildman–Crippen MR) is 89.0 cm³/mol. The maximum absolute atomic E-state index is 13.5. The smallest absolute Gasteiger partial charge is 0.233 e. The van der Waals surface area contributed by atoms with E-state index in [2.05, 4.69) is 10.2 Å². The molecule has 2 N–H and O–H groups in total. The fraction of sp³-hybridized carbons (Fsp3) is 0.400. The first kappa shape index (κ1) is 17.5. The number of halogens is 1. The molecule has 1 fully saturated rings. The summed E-state index contributed by atoms with van der Waals surface area (Å²) in [4.78, 5) is 13.9. The molecule has 3 rings (SSSR count). The van der Waals surface area contributed by atoms with E-state index in [-0.39, 0.29) is 24.0 Å². The first-order chi connectivity index (χ1) is 12.1. The molecule has 134 valence electrons. The van der Waals surface area contributed by atoms with Crippen molar-refractivity contribution < 1.29 is 18.7 Å². The summed E-state index contributed by atoms with van der Waals surface area (Å²) in [6.07, 6.45) is 0. The van der Waals surface area contributed by atoms with Crippen LogP contribution in [0.25, 0.3) is 0 Å². The van der Waals surface area contributed by atoms with E-state index >= 15 is 0 Å². The normalized spacial score (nSPS) is 14.5. The number of nitrogens with two attached hydrogens (primary N) is 1. The maximum Gasteiger partial charge on any atom is 0.233 e. The monoisotopic (exact) mass is 367 g/mol. The molecular weight excluding hydrogens is 349 g/mol. The summed E-state index contributed by atoms with van der Waals surface area (Å²) < 4.78 is 25.4. The van der Waals surface area contributed by atoms with E-state index in [4.69, 9.17) is 15.3 Å². The minimum Gasteiger partial charge on any atom is -0.482 e. The van der Waals surface area contributed by atoms with Gasteiger partial charge in [-0.15, -0.1) is 10.2 Å². The first-order valence-electron chi connectivity index (χ1n) is 7.70. The average Bonchev–Trinajstić information content (AvgIpc) is 2.99. The number of nitrogens with zero attached hydrogens (tertiary/aromatic N) is 4. The van der Waals surface area contributed by atoms with E-state index in [9.17, 15) is 9.18 Å². The van der Waals surface area contributed by atoms with Gasteiger partial charge in [0.25, 0.3) is 0 Å². The zero-order valence-corrected chi connectivity index (χ0v) is 14.2. The Morgan fingerprint density at radius 3 is 2.84 bits per heavy atom. The van der Waals surface area contributed by atoms with Gasteiger partial charge in [0, 0.05) is 13.1 Å². The number of amides is 1. The van der Waals surface area contributed by atoms with Gasteiger partial charge in [-0.3, -0.25) is 4.79 Å². The quantitative estimate of drug-likeness (QED) is 0.592. The molecule has 8 nitrogen and oxygen atoms in total. The molecular formula is C15H18FN5O3S. The number of thioether (sulfide) groups is 1. The summed E-state index contributed by atoms with van der Waals surface area (Å²) in [7, 11) is 0. The van der Waals surface area contributed by atoms with Crippen molar-refractivity contribution in [2.45, 2.75) is 11.8 Å². The van der Waals surface area contributed by atoms with Crippen LogP contribution in [0.15, 0.2) is 29.4 Å². The molecule has 1 aromatic carbocycles. The topological polar surface area (TPSA) is 95.5 Å². The predicted octanol–water partition coefficient (Wildman–Crippen LogP) is 0.661. The number of hydrogen-bond acceptors (Lipinski definition) is 7. The van der Waals surface area contributed by atoms with Crippen LogP contribution in [-0.4, -0.2) is 57.7 Å². The van der Waals surface area contributed by atoms with Gasteiger partial charge >= 0.3 is 0 Å². The van der Waals surface area contributed by atoms with E-state index in [1.807, 2.05) is 0 Å². The Morgan fingerprint density at radius 2 is 2.08 bits per heavy atom. The van der Waals surface area contributed by atoms with Gasteiger partial charge in [0.15, 0.2) is 17.4 Å². The van der Waals surface area contributed by atoms with Crippen LogP contribution < -0.4 is 10.6 Å². The molecule has 2 heterocycles. The summed E-state index contributed by atoms with van der Waals surface area (Å²) in [6.45, 7) is 2.28. The Bertz CT molecular complexity index is 736. The number of rotatable bonds is 6. The van der Waals surface area contributed by atoms with Gasteiger partial charge < -0.3 is 20.2 Å². The lowest BCUT2D eigenvalue weighted by Crippen LogP contribution is -2.41. The summed E-state index contributed by atoms with van der Waals surface area (Å²) in [6, 6.07) is 6.07. The Hall–Kier alpha value is -2.33. The van der Waals surface area contributed by atoms with E-state index in [1.165, 1.54) is 28.6 Å². The van der Waals surface area contributed by atoms with E-state index in [0.29, 0.717) is 37.3 Å². The number of ether oxygens (including phenoxy) is 2. The summed E-state index contributed by atoms with van der Waals surface area (Å²) >= 11 is 1.20. The van der Waals surface area contributed by atoms with Crippen molar-refractivity contribution >= 4 is 17.7 Å². The second kappa shape index (κ2) is 8.17. The van der Waals surface area contributed by atoms with E-state index in [0.717, 1.165) is 0 Å². The summed E-state index contributed by atoms with van der Waals surface area (Å²) in [5.74, 6) is 6.12. The molecule has 2 aromatic rings. The molecule has 0 aliphatic carbocycles. The van der Waals surface area contributed by atoms with Crippen LogP contribution in [0.5, 0.6) is 5.75 Å². The Morgan fingerprint density at radius 1 is 1.32 bits per heavy atom. The van der Waals surface area contributed by atoms with E-state index in [1.54, 1.807) is 17.0 Å². The number of aromatic nitrogens is 3. The van der Waals surface area contributed by atoms with Crippen LogP contribution >= 0.6 is 11.8 Å². The minimum atomic E-state index is -0.462. The molecule has 0 unspecified atom stereocenters. The summed E-state index contributed by atoms with van der Waals surface area (Å²) in [5.41, 5.74) is 0. The van der Waals surface area contributed by atoms with Crippen molar-refractivity contribution in [3.63, 3.8) is 0 Å². The lowest BCUT2D eigenvalue weighted by molar-refractivity contribution is -0.132. The fourth-order valence-corrected chi connectivity index (χ4v) is 3.02. The van der Waals surface area contributed by atoms with Crippen LogP contribution in [0.1, 0.15) is 5.82 Å². The number of hydrogen-bond donors (Lipinski definition) is 1. The van der Waals surface area contributed by atoms with E-state index < -0.39 is 5.82 Å². The molecule has 1 amide bonds. The molecule has 0 saturated carbocycles. The number of benzene rings is 1. The lowest BCUT2D eigenvalue weighted by Gasteiger charge is -2.26. The zero-order valence-electron chi connectivity index (χ0n) is 13.4. The number of nitrogen functional groups attached to an aromatic ring is 1. The number of carbonyl (C=O) groups is 1. The van der Waals surface area contributed by atoms with Gasteiger partial charge in [0.05, 0.1) is 19.0 Å². The third-order valence-corrected chi connectivity index (χ3v) is 4.54. The first-order valence-corrected chi connectivity index (χ1v) is 8.68. The fourth-order valence-electron chi connectivity index (χ4n) is 2.24. The van der Waals surface area contributed by atoms with Gasteiger partial charge in [-0.25, -0.2) is 9.07 Å².